The second kappa shape index (κ2) is 11.2. The average Bonchev–Trinajstić information content (AvgIpc) is 2.44. The van der Waals surface area contributed by atoms with Gasteiger partial charge in [-0.3, -0.25) is 0 Å². The van der Waals surface area contributed by atoms with Crippen molar-refractivity contribution in [1.29, 1.82) is 0 Å². The van der Waals surface area contributed by atoms with Gasteiger partial charge in [-0.25, -0.2) is 9.59 Å². The molecular weight excluding hydrogens is 312 g/mol. The summed E-state index contributed by atoms with van der Waals surface area (Å²) in [5.41, 5.74) is -0.684. The van der Waals surface area contributed by atoms with Crippen LogP contribution in [0.15, 0.2) is 12.2 Å². The lowest BCUT2D eigenvalue weighted by molar-refractivity contribution is -0.142. The van der Waals surface area contributed by atoms with E-state index in [9.17, 15) is 9.59 Å². The number of carbonyl (C=O) groups is 2. The minimum absolute atomic E-state index is 0.230. The molecule has 0 heterocycles. The molecule has 0 rings (SSSR count). The van der Waals surface area contributed by atoms with Crippen LogP contribution < -0.4 is 0 Å². The summed E-state index contributed by atoms with van der Waals surface area (Å²) in [5.74, 6) is -1.15. The van der Waals surface area contributed by atoms with E-state index in [2.05, 4.69) is 0 Å². The summed E-state index contributed by atoms with van der Waals surface area (Å²) in [7, 11) is 0. The molecule has 0 aromatic heterocycles. The minimum Gasteiger partial charge on any atom is -0.462 e. The smallest absolute Gasteiger partial charge is 0.331 e. The fourth-order valence-corrected chi connectivity index (χ4v) is 1.95. The van der Waals surface area contributed by atoms with Crippen molar-refractivity contribution in [2.45, 2.75) is 65.6 Å². The molecule has 0 saturated carbocycles. The Morgan fingerprint density at radius 2 is 1.08 bits per heavy atom. The van der Waals surface area contributed by atoms with Crippen LogP contribution in [0.25, 0.3) is 0 Å². The van der Waals surface area contributed by atoms with Gasteiger partial charge in [-0.2, -0.15) is 0 Å². The number of hydrogen-bond donors (Lipinski definition) is 0. The van der Waals surface area contributed by atoms with Gasteiger partial charge in [-0.05, 0) is 41.5 Å². The molecule has 0 spiro atoms. The maximum atomic E-state index is 11.5. The van der Waals surface area contributed by atoms with Gasteiger partial charge < -0.3 is 18.9 Å². The van der Waals surface area contributed by atoms with Gasteiger partial charge in [0.1, 0.15) is 0 Å². The average molecular weight is 344 g/mol. The molecule has 6 nitrogen and oxygen atoms in total. The molecule has 140 valence electrons. The highest BCUT2D eigenvalue weighted by molar-refractivity contribution is 5.91. The molecule has 0 radical (unpaired) electrons. The van der Waals surface area contributed by atoms with E-state index in [0.29, 0.717) is 26.1 Å². The summed E-state index contributed by atoms with van der Waals surface area (Å²) in [6.45, 7) is 13.2. The maximum Gasteiger partial charge on any atom is 0.331 e. The SMILES string of the molecule is CCOC(C)(C)CCOC(=O)/C=C/C(=O)OCCC(C)(C)OCC. The van der Waals surface area contributed by atoms with E-state index in [-0.39, 0.29) is 24.4 Å². The van der Waals surface area contributed by atoms with Crippen LogP contribution in [0.5, 0.6) is 0 Å². The Bertz CT molecular complexity index is 374. The van der Waals surface area contributed by atoms with E-state index in [0.717, 1.165) is 12.2 Å². The van der Waals surface area contributed by atoms with E-state index in [1.165, 1.54) is 0 Å². The van der Waals surface area contributed by atoms with Gasteiger partial charge in [-0.15, -0.1) is 0 Å². The first-order chi connectivity index (χ1) is 11.1. The van der Waals surface area contributed by atoms with Crippen LogP contribution in [0, 0.1) is 0 Å². The highest BCUT2D eigenvalue weighted by atomic mass is 16.5. The van der Waals surface area contributed by atoms with Crippen LogP contribution in [0.4, 0.5) is 0 Å². The first kappa shape index (κ1) is 22.6. The predicted octanol–water partition coefficient (Wildman–Crippen LogP) is 3.04. The highest BCUT2D eigenvalue weighted by Gasteiger charge is 2.18. The van der Waals surface area contributed by atoms with Crippen LogP contribution in [0.3, 0.4) is 0 Å². The Morgan fingerprint density at radius 1 is 0.750 bits per heavy atom. The lowest BCUT2D eigenvalue weighted by Gasteiger charge is -2.24. The topological polar surface area (TPSA) is 71.1 Å². The van der Waals surface area contributed by atoms with Crippen LogP contribution in [0.2, 0.25) is 0 Å². The molecule has 0 saturated heterocycles. The van der Waals surface area contributed by atoms with Gasteiger partial charge in [0.25, 0.3) is 0 Å². The number of ether oxygens (including phenoxy) is 4. The van der Waals surface area contributed by atoms with Crippen molar-refractivity contribution in [1.82, 2.24) is 0 Å². The van der Waals surface area contributed by atoms with Crippen molar-refractivity contribution in [2.24, 2.45) is 0 Å². The Kier molecular flexibility index (Phi) is 10.6. The maximum absolute atomic E-state index is 11.5. The molecule has 0 aromatic rings. The molecule has 0 N–H and O–H groups in total. The van der Waals surface area contributed by atoms with Crippen molar-refractivity contribution < 1.29 is 28.5 Å². The van der Waals surface area contributed by atoms with E-state index < -0.39 is 11.9 Å². The third-order valence-electron chi connectivity index (χ3n) is 3.32. The fourth-order valence-electron chi connectivity index (χ4n) is 1.95. The van der Waals surface area contributed by atoms with Gasteiger partial charge in [0.15, 0.2) is 0 Å². The van der Waals surface area contributed by atoms with Crippen LogP contribution in [-0.2, 0) is 28.5 Å². The third kappa shape index (κ3) is 12.1. The molecule has 0 aliphatic carbocycles. The fraction of sp³-hybridized carbons (Fsp3) is 0.778. The number of hydrogen-bond acceptors (Lipinski definition) is 6. The lowest BCUT2D eigenvalue weighted by atomic mass is 10.1. The molecule has 0 fully saturated rings. The largest absolute Gasteiger partial charge is 0.462 e. The monoisotopic (exact) mass is 344 g/mol. The molecule has 6 heteroatoms. The highest BCUT2D eigenvalue weighted by Crippen LogP contribution is 2.14. The molecule has 24 heavy (non-hydrogen) atoms. The summed E-state index contributed by atoms with van der Waals surface area (Å²) >= 11 is 0. The molecule has 0 aromatic carbocycles. The van der Waals surface area contributed by atoms with Crippen molar-refractivity contribution >= 4 is 11.9 Å². The van der Waals surface area contributed by atoms with E-state index >= 15 is 0 Å². The Morgan fingerprint density at radius 3 is 1.38 bits per heavy atom. The van der Waals surface area contributed by atoms with Crippen molar-refractivity contribution in [3.05, 3.63) is 12.2 Å². The molecule has 0 aliphatic rings. The van der Waals surface area contributed by atoms with Crippen LogP contribution in [0.1, 0.15) is 54.4 Å². The van der Waals surface area contributed by atoms with E-state index in [4.69, 9.17) is 18.9 Å². The number of carbonyl (C=O) groups excluding carboxylic acids is 2. The number of esters is 2. The zero-order chi connectivity index (χ0) is 18.6. The van der Waals surface area contributed by atoms with Gasteiger partial charge >= 0.3 is 11.9 Å². The van der Waals surface area contributed by atoms with E-state index in [1.807, 2.05) is 41.5 Å². The molecule has 0 aliphatic heterocycles. The normalized spacial score (nSPS) is 12.4. The summed E-state index contributed by atoms with van der Waals surface area (Å²) < 4.78 is 21.1. The second-order valence-electron chi connectivity index (χ2n) is 6.55. The summed E-state index contributed by atoms with van der Waals surface area (Å²) in [5, 5.41) is 0. The molecular formula is C18H32O6. The standard InChI is InChI=1S/C18H32O6/c1-7-23-17(3,4)11-13-21-15(19)9-10-16(20)22-14-12-18(5,6)24-8-2/h9-10H,7-8,11-14H2,1-6H3/b10-9+. The molecule has 0 amide bonds. The van der Waals surface area contributed by atoms with Crippen LogP contribution >= 0.6 is 0 Å². The van der Waals surface area contributed by atoms with E-state index in [1.54, 1.807) is 0 Å². The Labute approximate surface area is 145 Å². The quantitative estimate of drug-likeness (QED) is 0.400. The van der Waals surface area contributed by atoms with Crippen LogP contribution in [-0.4, -0.2) is 49.6 Å². The molecule has 0 unspecified atom stereocenters. The van der Waals surface area contributed by atoms with Gasteiger partial charge in [0.2, 0.25) is 0 Å². The Balaban J connectivity index is 3.99. The molecule has 0 bridgehead atoms. The first-order valence-corrected chi connectivity index (χ1v) is 8.41. The zero-order valence-corrected chi connectivity index (χ0v) is 15.8. The van der Waals surface area contributed by atoms with Gasteiger partial charge in [0.05, 0.1) is 24.4 Å². The van der Waals surface area contributed by atoms with Gasteiger partial charge in [-0.1, -0.05) is 0 Å². The van der Waals surface area contributed by atoms with Crippen molar-refractivity contribution in [2.75, 3.05) is 26.4 Å². The Hall–Kier alpha value is -1.40. The molecule has 0 atom stereocenters. The summed E-state index contributed by atoms with van der Waals surface area (Å²) in [6.07, 6.45) is 3.31. The van der Waals surface area contributed by atoms with Crippen molar-refractivity contribution in [3.8, 4) is 0 Å². The summed E-state index contributed by atoms with van der Waals surface area (Å²) in [4.78, 5) is 23.1. The predicted molar refractivity (Wildman–Crippen MR) is 91.7 cm³/mol. The second-order valence-corrected chi connectivity index (χ2v) is 6.55. The summed E-state index contributed by atoms with van der Waals surface area (Å²) in [6, 6.07) is 0. The zero-order valence-electron chi connectivity index (χ0n) is 15.8. The first-order valence-electron chi connectivity index (χ1n) is 8.41. The minimum atomic E-state index is -0.575. The van der Waals surface area contributed by atoms with Gasteiger partial charge in [0, 0.05) is 38.2 Å². The third-order valence-corrected chi connectivity index (χ3v) is 3.32. The lowest BCUT2D eigenvalue weighted by Crippen LogP contribution is -2.27. The number of rotatable bonds is 12. The van der Waals surface area contributed by atoms with Crippen molar-refractivity contribution in [3.63, 3.8) is 0 Å².